The van der Waals surface area contributed by atoms with Crippen LogP contribution < -0.4 is 0 Å². The van der Waals surface area contributed by atoms with Gasteiger partial charge in [-0.2, -0.15) is 0 Å². The van der Waals surface area contributed by atoms with Crippen LogP contribution in [0.1, 0.15) is 91.4 Å². The van der Waals surface area contributed by atoms with Gasteiger partial charge in [0.05, 0.1) is 11.8 Å². The van der Waals surface area contributed by atoms with Crippen LogP contribution in [0.5, 0.6) is 0 Å². The first kappa shape index (κ1) is 21.0. The predicted molar refractivity (Wildman–Crippen MR) is 95.8 cm³/mol. The molecule has 0 saturated heterocycles. The van der Waals surface area contributed by atoms with Gasteiger partial charge in [-0.05, 0) is 38.0 Å². The van der Waals surface area contributed by atoms with Crippen molar-refractivity contribution in [2.24, 2.45) is 17.8 Å². The van der Waals surface area contributed by atoms with Crippen LogP contribution >= 0.6 is 0 Å². The van der Waals surface area contributed by atoms with Gasteiger partial charge in [-0.25, -0.2) is 0 Å². The molecule has 1 N–H and O–H groups in total. The van der Waals surface area contributed by atoms with Crippen LogP contribution in [0.15, 0.2) is 0 Å². The molecular weight excluding hydrogens is 304 g/mol. The highest BCUT2D eigenvalue weighted by atomic mass is 16.5. The molecule has 3 atom stereocenters. The Bertz CT molecular complexity index is 378. The molecule has 4 nitrogen and oxygen atoms in total. The fourth-order valence-electron chi connectivity index (χ4n) is 3.53. The molecule has 1 fully saturated rings. The van der Waals surface area contributed by atoms with Crippen LogP contribution in [-0.4, -0.2) is 23.1 Å². The zero-order valence-electron chi connectivity index (χ0n) is 15.8. The van der Waals surface area contributed by atoms with Crippen LogP contribution in [-0.2, 0) is 14.3 Å². The van der Waals surface area contributed by atoms with Gasteiger partial charge in [-0.1, -0.05) is 59.3 Å². The fraction of sp³-hybridized carbons (Fsp3) is 0.900. The van der Waals surface area contributed by atoms with E-state index in [4.69, 9.17) is 9.84 Å². The molecule has 3 unspecified atom stereocenters. The Balaban J connectivity index is 2.37. The molecule has 0 amide bonds. The van der Waals surface area contributed by atoms with Gasteiger partial charge < -0.3 is 9.84 Å². The zero-order chi connectivity index (χ0) is 17.9. The molecule has 24 heavy (non-hydrogen) atoms. The standard InChI is InChI=1S/C20H36O4/c1-4-5-6-7-8-9-13-18(15(2)3)24-20(23)17-12-10-11-16(14-17)19(21)22/h15-18H,4-14H2,1-3H3,(H,21,22). The third-order valence-electron chi connectivity index (χ3n) is 5.21. The van der Waals surface area contributed by atoms with Crippen molar-refractivity contribution in [3.8, 4) is 0 Å². The summed E-state index contributed by atoms with van der Waals surface area (Å²) in [5.74, 6) is -1.26. The van der Waals surface area contributed by atoms with Crippen LogP contribution in [0.25, 0.3) is 0 Å². The van der Waals surface area contributed by atoms with E-state index in [0.29, 0.717) is 18.8 Å². The molecule has 0 aromatic heterocycles. The average Bonchev–Trinajstić information content (AvgIpc) is 2.56. The Morgan fingerprint density at radius 3 is 2.29 bits per heavy atom. The summed E-state index contributed by atoms with van der Waals surface area (Å²) in [6.07, 6.45) is 11.0. The van der Waals surface area contributed by atoms with Crippen LogP contribution in [0.2, 0.25) is 0 Å². The van der Waals surface area contributed by atoms with E-state index in [9.17, 15) is 9.59 Å². The van der Waals surface area contributed by atoms with Crippen molar-refractivity contribution in [1.82, 2.24) is 0 Å². The largest absolute Gasteiger partial charge is 0.481 e. The Labute approximate surface area is 147 Å². The molecular formula is C20H36O4. The van der Waals surface area contributed by atoms with Crippen molar-refractivity contribution < 1.29 is 19.4 Å². The molecule has 4 heteroatoms. The highest BCUT2D eigenvalue weighted by Gasteiger charge is 2.33. The number of esters is 1. The number of hydrogen-bond donors (Lipinski definition) is 1. The first-order chi connectivity index (χ1) is 11.5. The average molecular weight is 341 g/mol. The molecule has 1 saturated carbocycles. The lowest BCUT2D eigenvalue weighted by molar-refractivity contribution is -0.159. The second-order valence-corrected chi connectivity index (χ2v) is 7.67. The third-order valence-corrected chi connectivity index (χ3v) is 5.21. The summed E-state index contributed by atoms with van der Waals surface area (Å²) < 4.78 is 5.78. The minimum Gasteiger partial charge on any atom is -0.481 e. The van der Waals surface area contributed by atoms with E-state index in [1.807, 2.05) is 0 Å². The molecule has 0 aliphatic heterocycles. The maximum Gasteiger partial charge on any atom is 0.309 e. The van der Waals surface area contributed by atoms with E-state index in [2.05, 4.69) is 20.8 Å². The number of hydrogen-bond acceptors (Lipinski definition) is 3. The van der Waals surface area contributed by atoms with Crippen molar-refractivity contribution in [3.63, 3.8) is 0 Å². The molecule has 1 rings (SSSR count). The van der Waals surface area contributed by atoms with Crippen molar-refractivity contribution in [2.75, 3.05) is 0 Å². The van der Waals surface area contributed by atoms with E-state index in [1.54, 1.807) is 0 Å². The summed E-state index contributed by atoms with van der Waals surface area (Å²) in [4.78, 5) is 23.6. The summed E-state index contributed by atoms with van der Waals surface area (Å²) in [6.45, 7) is 6.40. The number of unbranched alkanes of at least 4 members (excludes halogenated alkanes) is 5. The van der Waals surface area contributed by atoms with Crippen LogP contribution in [0.4, 0.5) is 0 Å². The van der Waals surface area contributed by atoms with Gasteiger partial charge in [0.15, 0.2) is 0 Å². The first-order valence-corrected chi connectivity index (χ1v) is 9.89. The van der Waals surface area contributed by atoms with E-state index in [1.165, 1.54) is 32.1 Å². The monoisotopic (exact) mass is 340 g/mol. The topological polar surface area (TPSA) is 63.6 Å². The number of rotatable bonds is 11. The molecule has 0 spiro atoms. The summed E-state index contributed by atoms with van der Waals surface area (Å²) in [6, 6.07) is 0. The molecule has 1 aliphatic rings. The SMILES string of the molecule is CCCCCCCCC(OC(=O)C1CCCC(C(=O)O)C1)C(C)C. The van der Waals surface area contributed by atoms with E-state index < -0.39 is 5.97 Å². The summed E-state index contributed by atoms with van der Waals surface area (Å²) >= 11 is 0. The lowest BCUT2D eigenvalue weighted by Crippen LogP contribution is -2.32. The molecule has 0 aromatic rings. The van der Waals surface area contributed by atoms with Gasteiger partial charge in [0.1, 0.15) is 6.10 Å². The van der Waals surface area contributed by atoms with Gasteiger partial charge in [0.2, 0.25) is 0 Å². The van der Waals surface area contributed by atoms with Gasteiger partial charge >= 0.3 is 11.9 Å². The Morgan fingerprint density at radius 1 is 1.04 bits per heavy atom. The first-order valence-electron chi connectivity index (χ1n) is 9.89. The van der Waals surface area contributed by atoms with Gasteiger partial charge in [0, 0.05) is 0 Å². The third kappa shape index (κ3) is 7.67. The maximum atomic E-state index is 12.4. The lowest BCUT2D eigenvalue weighted by Gasteiger charge is -2.28. The molecule has 0 bridgehead atoms. The highest BCUT2D eigenvalue weighted by molar-refractivity contribution is 5.75. The lowest BCUT2D eigenvalue weighted by atomic mass is 9.81. The molecule has 0 aromatic carbocycles. The fourth-order valence-corrected chi connectivity index (χ4v) is 3.53. The second-order valence-electron chi connectivity index (χ2n) is 7.67. The predicted octanol–water partition coefficient (Wildman–Crippen LogP) is 5.20. The quantitative estimate of drug-likeness (QED) is 0.415. The van der Waals surface area contributed by atoms with Crippen molar-refractivity contribution >= 4 is 11.9 Å². The Morgan fingerprint density at radius 2 is 1.67 bits per heavy atom. The number of ether oxygens (including phenoxy) is 1. The number of carbonyl (C=O) groups is 2. The normalized spacial score (nSPS) is 22.3. The van der Waals surface area contributed by atoms with Gasteiger partial charge in [-0.15, -0.1) is 0 Å². The molecule has 0 radical (unpaired) electrons. The van der Waals surface area contributed by atoms with E-state index in [-0.39, 0.29) is 23.9 Å². The minimum atomic E-state index is -0.778. The Hall–Kier alpha value is -1.06. The van der Waals surface area contributed by atoms with Crippen LogP contribution in [0, 0.1) is 17.8 Å². The highest BCUT2D eigenvalue weighted by Crippen LogP contribution is 2.31. The smallest absolute Gasteiger partial charge is 0.309 e. The van der Waals surface area contributed by atoms with Gasteiger partial charge in [0.25, 0.3) is 0 Å². The molecule has 1 aliphatic carbocycles. The number of carboxylic acids is 1. The zero-order valence-corrected chi connectivity index (χ0v) is 15.8. The molecule has 140 valence electrons. The minimum absolute atomic E-state index is 0.0334. The molecule has 0 heterocycles. The number of carboxylic acid groups (broad SMARTS) is 1. The maximum absolute atomic E-state index is 12.4. The Kier molecular flexibility index (Phi) is 10.0. The summed E-state index contributed by atoms with van der Waals surface area (Å²) in [5, 5.41) is 9.16. The summed E-state index contributed by atoms with van der Waals surface area (Å²) in [5.41, 5.74) is 0. The summed E-state index contributed by atoms with van der Waals surface area (Å²) in [7, 11) is 0. The number of aliphatic carboxylic acids is 1. The van der Waals surface area contributed by atoms with E-state index >= 15 is 0 Å². The van der Waals surface area contributed by atoms with Gasteiger partial charge in [-0.3, -0.25) is 9.59 Å². The van der Waals surface area contributed by atoms with Crippen molar-refractivity contribution in [3.05, 3.63) is 0 Å². The van der Waals surface area contributed by atoms with Crippen molar-refractivity contribution in [2.45, 2.75) is 97.5 Å². The second kappa shape index (κ2) is 11.5. The number of carbonyl (C=O) groups excluding carboxylic acids is 1. The van der Waals surface area contributed by atoms with Crippen LogP contribution in [0.3, 0.4) is 0 Å². The van der Waals surface area contributed by atoms with E-state index in [0.717, 1.165) is 25.7 Å². The van der Waals surface area contributed by atoms with Crippen molar-refractivity contribution in [1.29, 1.82) is 0 Å².